The van der Waals surface area contributed by atoms with E-state index in [1.165, 1.54) is 24.3 Å². The highest BCUT2D eigenvalue weighted by Gasteiger charge is 2.40. The van der Waals surface area contributed by atoms with Crippen LogP contribution in [0.3, 0.4) is 0 Å². The third kappa shape index (κ3) is 6.69. The molecular formula is C22H19Cl2F4N3O2. The predicted molar refractivity (Wildman–Crippen MR) is 118 cm³/mol. The number of nitrogens with one attached hydrogen (secondary N) is 1. The molecule has 0 saturated heterocycles. The van der Waals surface area contributed by atoms with E-state index >= 15 is 0 Å². The fourth-order valence-corrected chi connectivity index (χ4v) is 3.22. The zero-order chi connectivity index (χ0) is 24.2. The maximum absolute atomic E-state index is 12.9. The molecule has 0 aliphatic heterocycles. The molecule has 11 heteroatoms. The summed E-state index contributed by atoms with van der Waals surface area (Å²) in [6, 6.07) is 12.9. The number of hydrogen-bond acceptors (Lipinski definition) is 3. The van der Waals surface area contributed by atoms with E-state index < -0.39 is 24.9 Å². The second-order valence-electron chi connectivity index (χ2n) is 7.29. The molecule has 1 heterocycles. The number of rotatable bonds is 9. The lowest BCUT2D eigenvalue weighted by molar-refractivity contribution is -0.168. The van der Waals surface area contributed by atoms with Crippen LogP contribution in [0, 0.1) is 6.92 Å². The maximum atomic E-state index is 12.9. The Bertz CT molecular complexity index is 1140. The molecule has 1 N–H and O–H groups in total. The number of aromatic nitrogens is 2. The highest BCUT2D eigenvalue weighted by Crippen LogP contribution is 2.24. The molecule has 3 rings (SSSR count). The van der Waals surface area contributed by atoms with Crippen molar-refractivity contribution < 1.29 is 27.1 Å². The highest BCUT2D eigenvalue weighted by molar-refractivity contribution is 6.42. The average Bonchev–Trinajstić information content (AvgIpc) is 3.09. The van der Waals surface area contributed by atoms with Gasteiger partial charge in [-0.1, -0.05) is 41.4 Å². The Hall–Kier alpha value is -2.62. The normalized spacial score (nSPS) is 11.8. The van der Waals surface area contributed by atoms with Gasteiger partial charge >= 0.3 is 12.3 Å². The second kappa shape index (κ2) is 10.5. The van der Waals surface area contributed by atoms with Crippen molar-refractivity contribution >= 4 is 34.9 Å². The molecular weight excluding hydrogens is 485 g/mol. The van der Waals surface area contributed by atoms with Crippen LogP contribution in [0.4, 0.5) is 23.4 Å². The first kappa shape index (κ1) is 25.0. The molecule has 0 aliphatic carbocycles. The number of benzene rings is 2. The summed E-state index contributed by atoms with van der Waals surface area (Å²) in [5.74, 6) is -4.40. The van der Waals surface area contributed by atoms with Crippen LogP contribution in [0.1, 0.15) is 27.2 Å². The Balaban J connectivity index is 1.62. The van der Waals surface area contributed by atoms with Crippen molar-refractivity contribution in [3.05, 3.63) is 81.0 Å². The Morgan fingerprint density at radius 2 is 1.88 bits per heavy atom. The van der Waals surface area contributed by atoms with Gasteiger partial charge in [0.15, 0.2) is 5.82 Å². The van der Waals surface area contributed by atoms with Crippen LogP contribution >= 0.6 is 23.2 Å². The Morgan fingerprint density at radius 3 is 2.58 bits per heavy atom. The third-order valence-electron chi connectivity index (χ3n) is 4.61. The van der Waals surface area contributed by atoms with Crippen LogP contribution in [0.2, 0.25) is 10.0 Å². The zero-order valence-corrected chi connectivity index (χ0v) is 18.8. The lowest BCUT2D eigenvalue weighted by Crippen LogP contribution is -2.32. The standard InChI is InChI=1S/C22H19Cl2F4N3O2/c1-13-7-19(30-31(13)10-14-5-6-17(23)18(24)9-14)29-20(32)16-4-2-3-15(8-16)11-33-12-22(27,28)21(25)26/h2-9,21H,10-12H2,1H3,(H,29,30,32). The summed E-state index contributed by atoms with van der Waals surface area (Å²) in [6.45, 7) is 0.472. The Kier molecular flexibility index (Phi) is 7.99. The quantitative estimate of drug-likeness (QED) is 0.353. The first-order valence-electron chi connectivity index (χ1n) is 9.67. The lowest BCUT2D eigenvalue weighted by atomic mass is 10.1. The number of nitrogens with zero attached hydrogens (tertiary/aromatic N) is 2. The molecule has 1 aromatic heterocycles. The molecule has 3 aromatic rings. The smallest absolute Gasteiger partial charge is 0.330 e. The van der Waals surface area contributed by atoms with Crippen LogP contribution in [0.25, 0.3) is 0 Å². The minimum absolute atomic E-state index is 0.230. The molecule has 1 amide bonds. The number of carbonyl (C=O) groups is 1. The lowest BCUT2D eigenvalue weighted by Gasteiger charge is -2.15. The van der Waals surface area contributed by atoms with Crippen molar-refractivity contribution in [1.82, 2.24) is 9.78 Å². The van der Waals surface area contributed by atoms with Crippen molar-refractivity contribution in [1.29, 1.82) is 0 Å². The molecule has 176 valence electrons. The number of alkyl halides is 4. The van der Waals surface area contributed by atoms with E-state index in [-0.39, 0.29) is 12.2 Å². The van der Waals surface area contributed by atoms with Gasteiger partial charge in [-0.2, -0.15) is 13.9 Å². The van der Waals surface area contributed by atoms with E-state index in [1.807, 2.05) is 13.0 Å². The Labute approximate surface area is 197 Å². The Morgan fingerprint density at radius 1 is 1.12 bits per heavy atom. The molecule has 0 spiro atoms. The number of carbonyl (C=O) groups excluding carboxylic acids is 1. The van der Waals surface area contributed by atoms with E-state index in [4.69, 9.17) is 27.9 Å². The molecule has 0 atom stereocenters. The number of ether oxygens (including phenoxy) is 1. The SMILES string of the molecule is Cc1cc(NC(=O)c2cccc(COCC(F)(F)C(F)F)c2)nn1Cc1ccc(Cl)c(Cl)c1. The van der Waals surface area contributed by atoms with Gasteiger partial charge in [0.05, 0.1) is 23.2 Å². The summed E-state index contributed by atoms with van der Waals surface area (Å²) in [7, 11) is 0. The van der Waals surface area contributed by atoms with E-state index in [9.17, 15) is 22.4 Å². The number of halogens is 6. The van der Waals surface area contributed by atoms with Crippen LogP contribution in [-0.2, 0) is 17.9 Å². The van der Waals surface area contributed by atoms with Crippen LogP contribution < -0.4 is 5.32 Å². The van der Waals surface area contributed by atoms with E-state index in [1.54, 1.807) is 22.9 Å². The molecule has 0 aliphatic rings. The zero-order valence-electron chi connectivity index (χ0n) is 17.3. The number of aryl methyl sites for hydroxylation is 1. The fourth-order valence-electron chi connectivity index (χ4n) is 2.90. The van der Waals surface area contributed by atoms with Gasteiger partial charge in [-0.3, -0.25) is 9.48 Å². The molecule has 0 fully saturated rings. The first-order valence-corrected chi connectivity index (χ1v) is 10.4. The van der Waals surface area contributed by atoms with Gasteiger partial charge in [0, 0.05) is 17.3 Å². The van der Waals surface area contributed by atoms with E-state index in [0.29, 0.717) is 28.0 Å². The first-order chi connectivity index (χ1) is 15.5. The largest absolute Gasteiger partial charge is 0.370 e. The van der Waals surface area contributed by atoms with Crippen LogP contribution in [-0.4, -0.2) is 34.6 Å². The number of amides is 1. The summed E-state index contributed by atoms with van der Waals surface area (Å²) in [5, 5.41) is 7.91. The van der Waals surface area contributed by atoms with Gasteiger partial charge in [-0.05, 0) is 42.3 Å². The fraction of sp³-hybridized carbons (Fsp3) is 0.273. The molecule has 0 radical (unpaired) electrons. The van der Waals surface area contributed by atoms with Gasteiger partial charge in [-0.25, -0.2) is 8.78 Å². The third-order valence-corrected chi connectivity index (χ3v) is 5.35. The summed E-state index contributed by atoms with van der Waals surface area (Å²) >= 11 is 12.0. The number of anilines is 1. The molecule has 5 nitrogen and oxygen atoms in total. The maximum Gasteiger partial charge on any atom is 0.330 e. The van der Waals surface area contributed by atoms with Gasteiger partial charge in [0.1, 0.15) is 6.61 Å². The molecule has 0 bridgehead atoms. The second-order valence-corrected chi connectivity index (χ2v) is 8.10. The highest BCUT2D eigenvalue weighted by atomic mass is 35.5. The minimum Gasteiger partial charge on any atom is -0.370 e. The van der Waals surface area contributed by atoms with Gasteiger partial charge in [-0.15, -0.1) is 0 Å². The minimum atomic E-state index is -4.23. The average molecular weight is 504 g/mol. The predicted octanol–water partition coefficient (Wildman–Crippen LogP) is 6.22. The summed E-state index contributed by atoms with van der Waals surface area (Å²) < 4.78 is 56.7. The van der Waals surface area contributed by atoms with Crippen LogP contribution in [0.5, 0.6) is 0 Å². The molecule has 0 unspecified atom stereocenters. The molecule has 0 saturated carbocycles. The van der Waals surface area contributed by atoms with Crippen molar-refractivity contribution in [2.24, 2.45) is 0 Å². The van der Waals surface area contributed by atoms with E-state index in [0.717, 1.165) is 11.3 Å². The molecule has 33 heavy (non-hydrogen) atoms. The van der Waals surface area contributed by atoms with Crippen molar-refractivity contribution in [3.8, 4) is 0 Å². The molecule has 2 aromatic carbocycles. The van der Waals surface area contributed by atoms with Gasteiger partial charge < -0.3 is 10.1 Å². The van der Waals surface area contributed by atoms with Gasteiger partial charge in [0.2, 0.25) is 0 Å². The van der Waals surface area contributed by atoms with Crippen molar-refractivity contribution in [2.75, 3.05) is 11.9 Å². The van der Waals surface area contributed by atoms with Crippen LogP contribution in [0.15, 0.2) is 48.5 Å². The van der Waals surface area contributed by atoms with Crippen molar-refractivity contribution in [3.63, 3.8) is 0 Å². The monoisotopic (exact) mass is 503 g/mol. The van der Waals surface area contributed by atoms with Gasteiger partial charge in [0.25, 0.3) is 5.91 Å². The topological polar surface area (TPSA) is 56.1 Å². The summed E-state index contributed by atoms with van der Waals surface area (Å²) in [4.78, 5) is 12.6. The van der Waals surface area contributed by atoms with Crippen molar-refractivity contribution in [2.45, 2.75) is 32.4 Å². The summed E-state index contributed by atoms with van der Waals surface area (Å²) in [5.41, 5.74) is 2.28. The summed E-state index contributed by atoms with van der Waals surface area (Å²) in [6.07, 6.45) is -3.81. The number of hydrogen-bond donors (Lipinski definition) is 1. The van der Waals surface area contributed by atoms with E-state index in [2.05, 4.69) is 10.4 Å².